The van der Waals surface area contributed by atoms with Crippen LogP contribution in [0.25, 0.3) is 0 Å². The van der Waals surface area contributed by atoms with E-state index in [9.17, 15) is 4.79 Å². The van der Waals surface area contributed by atoms with Crippen LogP contribution in [0.4, 0.5) is 0 Å². The Balaban J connectivity index is 1.83. The summed E-state index contributed by atoms with van der Waals surface area (Å²) in [5, 5.41) is 0. The summed E-state index contributed by atoms with van der Waals surface area (Å²) < 4.78 is 3.14. The van der Waals surface area contributed by atoms with Crippen molar-refractivity contribution in [2.24, 2.45) is 11.7 Å². The minimum atomic E-state index is 0.160. The highest BCUT2D eigenvalue weighted by Crippen LogP contribution is 2.38. The average molecular weight is 340 g/mol. The third-order valence-corrected chi connectivity index (χ3v) is 4.98. The minimum absolute atomic E-state index is 0.160. The number of piperidine rings is 1. The third kappa shape index (κ3) is 2.66. The molecule has 2 N–H and O–H groups in total. The van der Waals surface area contributed by atoms with Crippen LogP contribution >= 0.6 is 15.9 Å². The molecule has 0 bridgehead atoms. The first-order chi connectivity index (χ1) is 9.60. The highest BCUT2D eigenvalue weighted by atomic mass is 79.9. The van der Waals surface area contributed by atoms with Crippen LogP contribution in [0, 0.1) is 5.92 Å². The van der Waals surface area contributed by atoms with Crippen LogP contribution in [0.15, 0.2) is 16.7 Å². The summed E-state index contributed by atoms with van der Waals surface area (Å²) in [5.74, 6) is 0.608. The summed E-state index contributed by atoms with van der Waals surface area (Å²) >= 11 is 3.50. The lowest BCUT2D eigenvalue weighted by atomic mass is 9.93. The fourth-order valence-corrected chi connectivity index (χ4v) is 3.51. The monoisotopic (exact) mass is 339 g/mol. The molecule has 2 unspecified atom stereocenters. The van der Waals surface area contributed by atoms with Crippen molar-refractivity contribution in [3.05, 3.63) is 22.4 Å². The lowest BCUT2D eigenvalue weighted by Crippen LogP contribution is -2.47. The van der Waals surface area contributed by atoms with E-state index in [4.69, 9.17) is 5.73 Å². The molecule has 110 valence electrons. The second-order valence-corrected chi connectivity index (χ2v) is 7.08. The molecule has 2 aliphatic rings. The van der Waals surface area contributed by atoms with E-state index in [0.717, 1.165) is 29.6 Å². The van der Waals surface area contributed by atoms with Gasteiger partial charge in [0.1, 0.15) is 5.69 Å². The summed E-state index contributed by atoms with van der Waals surface area (Å²) in [6.07, 6.45) is 6.60. The van der Waals surface area contributed by atoms with Gasteiger partial charge in [-0.25, -0.2) is 0 Å². The molecular weight excluding hydrogens is 318 g/mol. The molecule has 1 saturated carbocycles. The number of nitrogens with zero attached hydrogens (tertiary/aromatic N) is 2. The van der Waals surface area contributed by atoms with Gasteiger partial charge in [0.15, 0.2) is 0 Å². The smallest absolute Gasteiger partial charge is 0.270 e. The Kier molecular flexibility index (Phi) is 3.91. The van der Waals surface area contributed by atoms with E-state index in [1.54, 1.807) is 0 Å². The Morgan fingerprint density at radius 2 is 2.15 bits per heavy atom. The SMILES string of the molecule is CC1CCC(CN)CN1C(=O)c1cc(Br)cn1C1CC1. The third-order valence-electron chi connectivity index (χ3n) is 4.55. The predicted octanol–water partition coefficient (Wildman–Crippen LogP) is 2.78. The van der Waals surface area contributed by atoms with Crippen molar-refractivity contribution in [1.29, 1.82) is 0 Å². The van der Waals surface area contributed by atoms with Crippen molar-refractivity contribution in [3.8, 4) is 0 Å². The van der Waals surface area contributed by atoms with Gasteiger partial charge in [-0.3, -0.25) is 4.79 Å². The van der Waals surface area contributed by atoms with Crippen molar-refractivity contribution in [2.45, 2.75) is 44.7 Å². The number of carbonyl (C=O) groups is 1. The molecule has 2 heterocycles. The summed E-state index contributed by atoms with van der Waals surface area (Å²) in [6.45, 7) is 3.61. The first-order valence-electron chi connectivity index (χ1n) is 7.48. The van der Waals surface area contributed by atoms with Gasteiger partial charge in [0.25, 0.3) is 5.91 Å². The van der Waals surface area contributed by atoms with E-state index in [-0.39, 0.29) is 5.91 Å². The summed E-state index contributed by atoms with van der Waals surface area (Å²) in [5.41, 5.74) is 6.61. The Bertz CT molecular complexity index is 509. The molecule has 1 aromatic heterocycles. The highest BCUT2D eigenvalue weighted by Gasteiger charge is 2.33. The Hall–Kier alpha value is -0.810. The largest absolute Gasteiger partial charge is 0.339 e. The molecule has 1 amide bonds. The van der Waals surface area contributed by atoms with Gasteiger partial charge in [0.05, 0.1) is 0 Å². The maximum absolute atomic E-state index is 12.9. The first kappa shape index (κ1) is 14.1. The second-order valence-electron chi connectivity index (χ2n) is 6.17. The van der Waals surface area contributed by atoms with Gasteiger partial charge in [-0.05, 0) is 67.1 Å². The molecular formula is C15H22BrN3O. The summed E-state index contributed by atoms with van der Waals surface area (Å²) in [7, 11) is 0. The Labute approximate surface area is 128 Å². The fourth-order valence-electron chi connectivity index (χ4n) is 3.08. The molecule has 20 heavy (non-hydrogen) atoms. The van der Waals surface area contributed by atoms with E-state index in [0.29, 0.717) is 24.5 Å². The molecule has 2 atom stereocenters. The van der Waals surface area contributed by atoms with E-state index in [1.165, 1.54) is 12.8 Å². The average Bonchev–Trinajstić information content (AvgIpc) is 3.21. The number of likely N-dealkylation sites (tertiary alicyclic amines) is 1. The number of aromatic nitrogens is 1. The lowest BCUT2D eigenvalue weighted by Gasteiger charge is -2.37. The molecule has 4 nitrogen and oxygen atoms in total. The maximum atomic E-state index is 12.9. The van der Waals surface area contributed by atoms with Crippen LogP contribution in [-0.2, 0) is 0 Å². The van der Waals surface area contributed by atoms with Crippen LogP contribution in [-0.4, -0.2) is 34.5 Å². The lowest BCUT2D eigenvalue weighted by molar-refractivity contribution is 0.0555. The summed E-state index contributed by atoms with van der Waals surface area (Å²) in [6, 6.07) is 2.79. The quantitative estimate of drug-likeness (QED) is 0.920. The molecule has 1 aliphatic heterocycles. The van der Waals surface area contributed by atoms with Crippen molar-refractivity contribution < 1.29 is 4.79 Å². The van der Waals surface area contributed by atoms with Gasteiger partial charge >= 0.3 is 0 Å². The van der Waals surface area contributed by atoms with E-state index >= 15 is 0 Å². The number of hydrogen-bond acceptors (Lipinski definition) is 2. The van der Waals surface area contributed by atoms with Gasteiger partial charge in [-0.1, -0.05) is 0 Å². The second kappa shape index (κ2) is 5.53. The van der Waals surface area contributed by atoms with Gasteiger partial charge in [-0.2, -0.15) is 0 Å². The van der Waals surface area contributed by atoms with Crippen molar-refractivity contribution >= 4 is 21.8 Å². The number of halogens is 1. The van der Waals surface area contributed by atoms with Gasteiger partial charge in [-0.15, -0.1) is 0 Å². The number of rotatable bonds is 3. The van der Waals surface area contributed by atoms with E-state index in [2.05, 4.69) is 27.4 Å². The van der Waals surface area contributed by atoms with Crippen LogP contribution in [0.5, 0.6) is 0 Å². The van der Waals surface area contributed by atoms with Crippen LogP contribution in [0.3, 0.4) is 0 Å². The van der Waals surface area contributed by atoms with Crippen molar-refractivity contribution in [2.75, 3.05) is 13.1 Å². The molecule has 0 spiro atoms. The molecule has 3 rings (SSSR count). The normalized spacial score (nSPS) is 26.9. The topological polar surface area (TPSA) is 51.3 Å². The number of amides is 1. The minimum Gasteiger partial charge on any atom is -0.339 e. The predicted molar refractivity (Wildman–Crippen MR) is 82.7 cm³/mol. The van der Waals surface area contributed by atoms with Gasteiger partial charge < -0.3 is 15.2 Å². The number of nitrogens with two attached hydrogens (primary N) is 1. The molecule has 2 fully saturated rings. The number of carbonyl (C=O) groups excluding carboxylic acids is 1. The molecule has 5 heteroatoms. The molecule has 1 aromatic rings. The highest BCUT2D eigenvalue weighted by molar-refractivity contribution is 9.10. The first-order valence-corrected chi connectivity index (χ1v) is 8.28. The van der Waals surface area contributed by atoms with E-state index < -0.39 is 0 Å². The van der Waals surface area contributed by atoms with Gasteiger partial charge in [0.2, 0.25) is 0 Å². The van der Waals surface area contributed by atoms with Crippen LogP contribution in [0.1, 0.15) is 49.1 Å². The molecule has 0 aromatic carbocycles. The van der Waals surface area contributed by atoms with Crippen LogP contribution in [0.2, 0.25) is 0 Å². The number of hydrogen-bond donors (Lipinski definition) is 1. The molecule has 1 saturated heterocycles. The Morgan fingerprint density at radius 1 is 1.40 bits per heavy atom. The van der Waals surface area contributed by atoms with E-state index in [1.807, 2.05) is 17.2 Å². The van der Waals surface area contributed by atoms with Gasteiger partial charge in [0, 0.05) is 29.3 Å². The zero-order chi connectivity index (χ0) is 14.3. The zero-order valence-corrected chi connectivity index (χ0v) is 13.5. The molecule has 0 radical (unpaired) electrons. The Morgan fingerprint density at radius 3 is 2.80 bits per heavy atom. The van der Waals surface area contributed by atoms with Crippen LogP contribution < -0.4 is 5.73 Å². The summed E-state index contributed by atoms with van der Waals surface area (Å²) in [4.78, 5) is 14.9. The van der Waals surface area contributed by atoms with Crippen molar-refractivity contribution in [3.63, 3.8) is 0 Å². The zero-order valence-electron chi connectivity index (χ0n) is 11.9. The standard InChI is InChI=1S/C15H22BrN3O/c1-10-2-3-11(7-17)8-18(10)15(20)14-6-12(16)9-19(14)13-4-5-13/h6,9-11,13H,2-5,7-8,17H2,1H3. The molecule has 1 aliphatic carbocycles. The van der Waals surface area contributed by atoms with Crippen molar-refractivity contribution in [1.82, 2.24) is 9.47 Å². The maximum Gasteiger partial charge on any atom is 0.270 e. The fraction of sp³-hybridized carbons (Fsp3) is 0.667.